The molecule has 8 nitrogen and oxygen atoms in total. The number of nitrogens with one attached hydrogen (secondary N) is 2. The number of hydrogen-bond acceptors (Lipinski definition) is 7. The van der Waals surface area contributed by atoms with E-state index in [0.29, 0.717) is 6.61 Å². The second kappa shape index (κ2) is 14.8. The number of amides is 1. The van der Waals surface area contributed by atoms with Gasteiger partial charge in [-0.05, 0) is 38.4 Å². The summed E-state index contributed by atoms with van der Waals surface area (Å²) >= 11 is 12.9. The molecule has 1 aliphatic rings. The van der Waals surface area contributed by atoms with Gasteiger partial charge in [0, 0.05) is 13.0 Å². The average molecular weight is 505 g/mol. The van der Waals surface area contributed by atoms with Crippen LogP contribution in [0.5, 0.6) is 0 Å². The molecule has 1 aromatic carbocycles. The first kappa shape index (κ1) is 27.8. The number of benzene rings is 1. The van der Waals surface area contributed by atoms with Gasteiger partial charge in [0.1, 0.15) is 12.6 Å². The van der Waals surface area contributed by atoms with Crippen LogP contribution in [0.1, 0.15) is 24.8 Å². The summed E-state index contributed by atoms with van der Waals surface area (Å²) < 4.78 is 10.8. The van der Waals surface area contributed by atoms with Gasteiger partial charge in [0.15, 0.2) is 0 Å². The smallest absolute Gasteiger partial charge is 0.329 e. The van der Waals surface area contributed by atoms with Crippen LogP contribution < -0.4 is 10.6 Å². The van der Waals surface area contributed by atoms with E-state index in [-0.39, 0.29) is 26.1 Å². The third-order valence-electron chi connectivity index (χ3n) is 5.58. The van der Waals surface area contributed by atoms with Gasteiger partial charge in [-0.3, -0.25) is 4.79 Å². The number of unbranched alkanes of at least 4 members (excludes halogenated alkanes) is 1. The maximum Gasteiger partial charge on any atom is 0.329 e. The van der Waals surface area contributed by atoms with Crippen LogP contribution in [0, 0.1) is 5.92 Å². The van der Waals surface area contributed by atoms with E-state index in [0.717, 1.165) is 24.9 Å². The van der Waals surface area contributed by atoms with Gasteiger partial charge in [0.2, 0.25) is 5.91 Å². The van der Waals surface area contributed by atoms with Crippen LogP contribution in [0.3, 0.4) is 0 Å². The average Bonchev–Trinajstić information content (AvgIpc) is 2.81. The molecular weight excluding hydrogens is 471 g/mol. The number of rotatable bonds is 13. The molecule has 186 valence electrons. The van der Waals surface area contributed by atoms with Crippen molar-refractivity contribution in [2.24, 2.45) is 5.92 Å². The Hall–Kier alpha value is -1.42. The maximum atomic E-state index is 13.0. The monoisotopic (exact) mass is 504 g/mol. The number of aliphatic hydroxyl groups excluding tert-OH is 2. The topological polar surface area (TPSA) is 117 Å². The normalized spacial score (nSPS) is 25.9. The second-order valence-corrected chi connectivity index (χ2v) is 9.15. The van der Waals surface area contributed by atoms with Gasteiger partial charge in [0.05, 0.1) is 35.5 Å². The van der Waals surface area contributed by atoms with Gasteiger partial charge in [-0.15, -0.1) is 23.2 Å². The van der Waals surface area contributed by atoms with Crippen molar-refractivity contribution >= 4 is 35.1 Å². The predicted molar refractivity (Wildman–Crippen MR) is 126 cm³/mol. The van der Waals surface area contributed by atoms with Crippen molar-refractivity contribution in [3.8, 4) is 0 Å². The fourth-order valence-electron chi connectivity index (χ4n) is 3.78. The molecule has 1 saturated carbocycles. The molecule has 5 unspecified atom stereocenters. The molecule has 0 aromatic heterocycles. The summed E-state index contributed by atoms with van der Waals surface area (Å²) in [5, 5.41) is 24.0. The number of esters is 1. The van der Waals surface area contributed by atoms with Gasteiger partial charge in [-0.25, -0.2) is 4.79 Å². The van der Waals surface area contributed by atoms with Crippen LogP contribution in [0.25, 0.3) is 0 Å². The van der Waals surface area contributed by atoms with E-state index >= 15 is 0 Å². The predicted octanol–water partition coefficient (Wildman–Crippen LogP) is 1.23. The van der Waals surface area contributed by atoms with Crippen molar-refractivity contribution in [3.63, 3.8) is 0 Å². The lowest BCUT2D eigenvalue weighted by Gasteiger charge is -2.39. The molecule has 1 aromatic rings. The summed E-state index contributed by atoms with van der Waals surface area (Å²) in [5.41, 5.74) is 0.824. The number of carbonyl (C=O) groups excluding carboxylic acids is 2. The molecule has 4 N–H and O–H groups in total. The van der Waals surface area contributed by atoms with E-state index in [1.165, 1.54) is 0 Å². The standard InChI is InChI=1S/C23H34Cl2N2O6/c1-26-9-5-6-11-32-21-17(24)14-16(20(29)19(21)25)22(30)27-18(23(31)33-12-10-28)13-15-7-3-2-4-8-15/h2-4,7-8,16-21,26,28-29H,5-6,9-14H2,1H3,(H,27,30)/t16?,17?,18-,19?,20?,21?/m0/s1. The molecule has 0 aliphatic heterocycles. The Morgan fingerprint density at radius 1 is 1.18 bits per heavy atom. The van der Waals surface area contributed by atoms with Crippen molar-refractivity contribution in [2.75, 3.05) is 33.4 Å². The van der Waals surface area contributed by atoms with E-state index in [4.69, 9.17) is 37.8 Å². The summed E-state index contributed by atoms with van der Waals surface area (Å²) in [5.74, 6) is -2.10. The van der Waals surface area contributed by atoms with E-state index in [1.807, 2.05) is 37.4 Å². The lowest BCUT2D eigenvalue weighted by Crippen LogP contribution is -2.56. The van der Waals surface area contributed by atoms with Gasteiger partial charge in [-0.2, -0.15) is 0 Å². The molecular formula is C23H34Cl2N2O6. The first-order valence-electron chi connectivity index (χ1n) is 11.2. The molecule has 6 atom stereocenters. The summed E-state index contributed by atoms with van der Waals surface area (Å²) in [6.07, 6.45) is 0.342. The molecule has 1 amide bonds. The number of halogens is 2. The maximum absolute atomic E-state index is 13.0. The molecule has 2 rings (SSSR count). The molecule has 0 radical (unpaired) electrons. The third-order valence-corrected chi connectivity index (χ3v) is 6.51. The highest BCUT2D eigenvalue weighted by Gasteiger charge is 2.46. The third kappa shape index (κ3) is 8.70. The number of aliphatic hydroxyl groups is 2. The highest BCUT2D eigenvalue weighted by molar-refractivity contribution is 6.25. The lowest BCUT2D eigenvalue weighted by molar-refractivity contribution is -0.150. The van der Waals surface area contributed by atoms with Gasteiger partial charge >= 0.3 is 5.97 Å². The molecule has 0 saturated heterocycles. The Bertz CT molecular complexity index is 726. The minimum Gasteiger partial charge on any atom is -0.462 e. The lowest BCUT2D eigenvalue weighted by atomic mass is 9.83. The van der Waals surface area contributed by atoms with E-state index in [1.54, 1.807) is 0 Å². The fourth-order valence-corrected chi connectivity index (χ4v) is 4.70. The van der Waals surface area contributed by atoms with Crippen molar-refractivity contribution in [3.05, 3.63) is 35.9 Å². The molecule has 10 heteroatoms. The van der Waals surface area contributed by atoms with E-state index < -0.39 is 46.8 Å². The largest absolute Gasteiger partial charge is 0.462 e. The summed E-state index contributed by atoms with van der Waals surface area (Å²) in [6, 6.07) is 8.18. The van der Waals surface area contributed by atoms with Crippen molar-refractivity contribution in [2.45, 2.75) is 54.7 Å². The zero-order valence-corrected chi connectivity index (χ0v) is 20.3. The van der Waals surface area contributed by atoms with Crippen LogP contribution >= 0.6 is 23.2 Å². The molecule has 0 heterocycles. The summed E-state index contributed by atoms with van der Waals surface area (Å²) in [7, 11) is 1.88. The molecule has 33 heavy (non-hydrogen) atoms. The zero-order valence-electron chi connectivity index (χ0n) is 18.8. The Balaban J connectivity index is 2.00. The van der Waals surface area contributed by atoms with Gasteiger partial charge in [-0.1, -0.05) is 30.3 Å². The minimum atomic E-state index is -1.19. The van der Waals surface area contributed by atoms with Crippen molar-refractivity contribution < 1.29 is 29.3 Å². The molecule has 0 bridgehead atoms. The zero-order chi connectivity index (χ0) is 24.2. The number of carbonyl (C=O) groups is 2. The van der Waals surface area contributed by atoms with Crippen LogP contribution in [0.2, 0.25) is 0 Å². The number of ether oxygens (including phenoxy) is 2. The quantitative estimate of drug-likeness (QED) is 0.181. The summed E-state index contributed by atoms with van der Waals surface area (Å²) in [6.45, 7) is 0.834. The summed E-state index contributed by atoms with van der Waals surface area (Å²) in [4.78, 5) is 25.5. The Morgan fingerprint density at radius 2 is 1.91 bits per heavy atom. The molecule has 1 fully saturated rings. The van der Waals surface area contributed by atoms with Crippen LogP contribution in [0.4, 0.5) is 0 Å². The highest BCUT2D eigenvalue weighted by Crippen LogP contribution is 2.34. The van der Waals surface area contributed by atoms with Crippen LogP contribution in [-0.4, -0.2) is 84.5 Å². The first-order chi connectivity index (χ1) is 15.9. The van der Waals surface area contributed by atoms with Crippen molar-refractivity contribution in [1.82, 2.24) is 10.6 Å². The molecule has 1 aliphatic carbocycles. The SMILES string of the molecule is CNCCCCOC1C(Cl)CC(C(=O)N[C@@H](Cc2ccccc2)C(=O)OCCO)C(O)C1Cl. The second-order valence-electron chi connectivity index (χ2n) is 8.08. The Morgan fingerprint density at radius 3 is 2.58 bits per heavy atom. The van der Waals surface area contributed by atoms with Gasteiger partial charge in [0.25, 0.3) is 0 Å². The Kier molecular flexibility index (Phi) is 12.4. The van der Waals surface area contributed by atoms with Crippen LogP contribution in [0.15, 0.2) is 30.3 Å². The number of alkyl halides is 2. The van der Waals surface area contributed by atoms with E-state index in [2.05, 4.69) is 10.6 Å². The fraction of sp³-hybridized carbons (Fsp3) is 0.652. The van der Waals surface area contributed by atoms with E-state index in [9.17, 15) is 14.7 Å². The highest BCUT2D eigenvalue weighted by atomic mass is 35.5. The number of hydrogen-bond donors (Lipinski definition) is 4. The minimum absolute atomic E-state index is 0.155. The van der Waals surface area contributed by atoms with Gasteiger partial charge < -0.3 is 30.3 Å². The first-order valence-corrected chi connectivity index (χ1v) is 12.1. The molecule has 0 spiro atoms. The Labute approximate surface area is 204 Å². The van der Waals surface area contributed by atoms with Crippen molar-refractivity contribution in [1.29, 1.82) is 0 Å². The van der Waals surface area contributed by atoms with Crippen LogP contribution in [-0.2, 0) is 25.5 Å².